The number of nitrogens with two attached hydrogens (primary N) is 1. The number of hydrogen-bond acceptors (Lipinski definition) is 3. The molecule has 2 rings (SSSR count). The van der Waals surface area contributed by atoms with Gasteiger partial charge in [-0.3, -0.25) is 14.4 Å². The van der Waals surface area contributed by atoms with Crippen LogP contribution in [0.1, 0.15) is 40.1 Å². The average molecular weight is 353 g/mol. The molecule has 0 unspecified atom stereocenters. The van der Waals surface area contributed by atoms with Gasteiger partial charge in [-0.2, -0.15) is 0 Å². The first-order valence-electron chi connectivity index (χ1n) is 8.37. The smallest absolute Gasteiger partial charge is 0.252 e. The number of carbonyl (C=O) groups excluding carboxylic acids is 3. The van der Waals surface area contributed by atoms with Crippen molar-refractivity contribution in [3.63, 3.8) is 0 Å². The van der Waals surface area contributed by atoms with Crippen molar-refractivity contribution in [3.8, 4) is 0 Å². The molecule has 136 valence electrons. The summed E-state index contributed by atoms with van der Waals surface area (Å²) < 4.78 is 0. The topological polar surface area (TPSA) is 101 Å². The first kappa shape index (κ1) is 19.2. The van der Waals surface area contributed by atoms with Crippen LogP contribution in [0.5, 0.6) is 0 Å². The lowest BCUT2D eigenvalue weighted by Crippen LogP contribution is -2.47. The standard InChI is InChI=1S/C20H23N3O3/c1-12(2)17(23-19(25)16-7-5-4-6-13(16)3)20(26)22-15-10-8-14(9-11-15)18(21)24/h4-12,17H,1-3H3,(H2,21,24)(H,22,26)(H,23,25)/t17-/m0/s1. The quantitative estimate of drug-likeness (QED) is 0.743. The molecule has 0 saturated carbocycles. The highest BCUT2D eigenvalue weighted by Crippen LogP contribution is 2.13. The molecule has 0 aliphatic rings. The maximum atomic E-state index is 12.6. The molecule has 0 spiro atoms. The number of primary amides is 1. The Morgan fingerprint density at radius 1 is 0.962 bits per heavy atom. The van der Waals surface area contributed by atoms with Crippen LogP contribution in [0.4, 0.5) is 5.69 Å². The number of hydrogen-bond donors (Lipinski definition) is 3. The van der Waals surface area contributed by atoms with Crippen LogP contribution in [-0.2, 0) is 4.79 Å². The molecule has 6 heteroatoms. The summed E-state index contributed by atoms with van der Waals surface area (Å²) in [7, 11) is 0. The minimum Gasteiger partial charge on any atom is -0.366 e. The van der Waals surface area contributed by atoms with Gasteiger partial charge >= 0.3 is 0 Å². The molecule has 0 heterocycles. The van der Waals surface area contributed by atoms with E-state index in [0.717, 1.165) is 5.56 Å². The lowest BCUT2D eigenvalue weighted by atomic mass is 10.0. The van der Waals surface area contributed by atoms with Gasteiger partial charge in [0, 0.05) is 16.8 Å². The first-order valence-corrected chi connectivity index (χ1v) is 8.37. The summed E-state index contributed by atoms with van der Waals surface area (Å²) in [6, 6.07) is 12.8. The van der Waals surface area contributed by atoms with Crippen molar-refractivity contribution in [2.45, 2.75) is 26.8 Å². The number of amides is 3. The summed E-state index contributed by atoms with van der Waals surface area (Å²) in [4.78, 5) is 36.2. The molecule has 0 bridgehead atoms. The van der Waals surface area contributed by atoms with E-state index < -0.39 is 11.9 Å². The molecular formula is C20H23N3O3. The van der Waals surface area contributed by atoms with E-state index in [-0.39, 0.29) is 17.7 Å². The van der Waals surface area contributed by atoms with E-state index in [1.165, 1.54) is 12.1 Å². The Morgan fingerprint density at radius 2 is 1.58 bits per heavy atom. The van der Waals surface area contributed by atoms with Crippen molar-refractivity contribution in [1.29, 1.82) is 0 Å². The molecule has 0 radical (unpaired) electrons. The second kappa shape index (κ2) is 8.29. The van der Waals surface area contributed by atoms with E-state index in [0.29, 0.717) is 16.8 Å². The number of anilines is 1. The Balaban J connectivity index is 2.11. The molecule has 0 aromatic heterocycles. The van der Waals surface area contributed by atoms with Gasteiger partial charge in [-0.15, -0.1) is 0 Å². The number of aryl methyl sites for hydroxylation is 1. The highest BCUT2D eigenvalue weighted by Gasteiger charge is 2.25. The Labute approximate surface area is 152 Å². The number of benzene rings is 2. The van der Waals surface area contributed by atoms with Gasteiger partial charge in [-0.1, -0.05) is 32.0 Å². The molecule has 0 aliphatic carbocycles. The van der Waals surface area contributed by atoms with Crippen molar-refractivity contribution in [2.75, 3.05) is 5.32 Å². The van der Waals surface area contributed by atoms with Gasteiger partial charge in [0.1, 0.15) is 6.04 Å². The van der Waals surface area contributed by atoms with Gasteiger partial charge in [-0.25, -0.2) is 0 Å². The molecule has 2 aromatic carbocycles. The van der Waals surface area contributed by atoms with Crippen LogP contribution in [0.2, 0.25) is 0 Å². The van der Waals surface area contributed by atoms with E-state index in [4.69, 9.17) is 5.73 Å². The summed E-state index contributed by atoms with van der Waals surface area (Å²) in [6.45, 7) is 5.57. The van der Waals surface area contributed by atoms with E-state index in [9.17, 15) is 14.4 Å². The molecule has 0 saturated heterocycles. The van der Waals surface area contributed by atoms with Gasteiger partial charge in [0.25, 0.3) is 5.91 Å². The first-order chi connectivity index (χ1) is 12.3. The fourth-order valence-corrected chi connectivity index (χ4v) is 2.52. The van der Waals surface area contributed by atoms with Crippen LogP contribution in [0.15, 0.2) is 48.5 Å². The van der Waals surface area contributed by atoms with Crippen molar-refractivity contribution >= 4 is 23.4 Å². The fraction of sp³-hybridized carbons (Fsp3) is 0.250. The second-order valence-electron chi connectivity index (χ2n) is 6.44. The minimum atomic E-state index is -0.696. The van der Waals surface area contributed by atoms with E-state index >= 15 is 0 Å². The summed E-state index contributed by atoms with van der Waals surface area (Å²) in [5, 5.41) is 5.55. The number of rotatable bonds is 6. The van der Waals surface area contributed by atoms with Crippen molar-refractivity contribution in [1.82, 2.24) is 5.32 Å². The SMILES string of the molecule is Cc1ccccc1C(=O)N[C@H](C(=O)Nc1ccc(C(N)=O)cc1)C(C)C. The molecule has 3 amide bonds. The van der Waals surface area contributed by atoms with Gasteiger partial charge in [-0.05, 0) is 48.7 Å². The van der Waals surface area contributed by atoms with Crippen LogP contribution in [0.25, 0.3) is 0 Å². The van der Waals surface area contributed by atoms with E-state index in [2.05, 4.69) is 10.6 Å². The van der Waals surface area contributed by atoms with Crippen LogP contribution >= 0.6 is 0 Å². The molecule has 4 N–H and O–H groups in total. The van der Waals surface area contributed by atoms with Gasteiger partial charge in [0.2, 0.25) is 11.8 Å². The maximum Gasteiger partial charge on any atom is 0.252 e. The predicted octanol–water partition coefficient (Wildman–Crippen LogP) is 2.49. The maximum absolute atomic E-state index is 12.6. The van der Waals surface area contributed by atoms with Crippen LogP contribution in [0, 0.1) is 12.8 Å². The van der Waals surface area contributed by atoms with Gasteiger partial charge in [0.15, 0.2) is 0 Å². The monoisotopic (exact) mass is 353 g/mol. The lowest BCUT2D eigenvalue weighted by molar-refractivity contribution is -0.118. The van der Waals surface area contributed by atoms with Gasteiger partial charge < -0.3 is 16.4 Å². The summed E-state index contributed by atoms with van der Waals surface area (Å²) in [5.41, 5.74) is 7.46. The summed E-state index contributed by atoms with van der Waals surface area (Å²) >= 11 is 0. The number of carbonyl (C=O) groups is 3. The summed E-state index contributed by atoms with van der Waals surface area (Å²) in [6.07, 6.45) is 0. The largest absolute Gasteiger partial charge is 0.366 e. The third-order valence-corrected chi connectivity index (χ3v) is 4.06. The van der Waals surface area contributed by atoms with Crippen LogP contribution < -0.4 is 16.4 Å². The molecule has 0 aliphatic heterocycles. The average Bonchev–Trinajstić information content (AvgIpc) is 2.59. The normalized spacial score (nSPS) is 11.7. The number of nitrogens with one attached hydrogen (secondary N) is 2. The second-order valence-corrected chi connectivity index (χ2v) is 6.44. The third-order valence-electron chi connectivity index (χ3n) is 4.06. The zero-order chi connectivity index (χ0) is 19.3. The fourth-order valence-electron chi connectivity index (χ4n) is 2.52. The zero-order valence-electron chi connectivity index (χ0n) is 15.1. The highest BCUT2D eigenvalue weighted by molar-refractivity contribution is 6.02. The molecule has 0 fully saturated rings. The van der Waals surface area contributed by atoms with Crippen molar-refractivity contribution < 1.29 is 14.4 Å². The van der Waals surface area contributed by atoms with Gasteiger partial charge in [0.05, 0.1) is 0 Å². The highest BCUT2D eigenvalue weighted by atomic mass is 16.2. The zero-order valence-corrected chi connectivity index (χ0v) is 15.1. The molecular weight excluding hydrogens is 330 g/mol. The molecule has 1 atom stereocenters. The molecule has 6 nitrogen and oxygen atoms in total. The van der Waals surface area contributed by atoms with Crippen LogP contribution in [-0.4, -0.2) is 23.8 Å². The predicted molar refractivity (Wildman–Crippen MR) is 101 cm³/mol. The van der Waals surface area contributed by atoms with Crippen LogP contribution in [0.3, 0.4) is 0 Å². The summed E-state index contributed by atoms with van der Waals surface area (Å²) in [5.74, 6) is -1.25. The lowest BCUT2D eigenvalue weighted by Gasteiger charge is -2.22. The Morgan fingerprint density at radius 3 is 2.12 bits per heavy atom. The molecule has 26 heavy (non-hydrogen) atoms. The molecule has 2 aromatic rings. The third kappa shape index (κ3) is 4.69. The Kier molecular flexibility index (Phi) is 6.11. The Hall–Kier alpha value is -3.15. The minimum absolute atomic E-state index is 0.104. The van der Waals surface area contributed by atoms with Crippen molar-refractivity contribution in [2.24, 2.45) is 11.7 Å². The van der Waals surface area contributed by atoms with E-state index in [1.807, 2.05) is 32.9 Å². The van der Waals surface area contributed by atoms with E-state index in [1.54, 1.807) is 24.3 Å². The van der Waals surface area contributed by atoms with Crippen molar-refractivity contribution in [3.05, 3.63) is 65.2 Å². The Bertz CT molecular complexity index is 813.